The molecule has 7 nitrogen and oxygen atoms in total. The maximum Gasteiger partial charge on any atom is 0.204 e. The average molecular weight is 403 g/mol. The first kappa shape index (κ1) is 19.8. The molecular weight excluding hydrogens is 378 g/mol. The molecule has 4 rings (SSSR count). The van der Waals surface area contributed by atoms with Crippen LogP contribution in [0.15, 0.2) is 52.7 Å². The third-order valence-electron chi connectivity index (χ3n) is 5.34. The van der Waals surface area contributed by atoms with Crippen LogP contribution >= 0.6 is 0 Å². The zero-order valence-corrected chi connectivity index (χ0v) is 17.3. The molecular formula is C23H25N5O2. The summed E-state index contributed by atoms with van der Waals surface area (Å²) in [6.45, 7) is 1.37. The fourth-order valence-corrected chi connectivity index (χ4v) is 3.57. The van der Waals surface area contributed by atoms with Crippen LogP contribution in [0.2, 0.25) is 0 Å². The molecule has 0 unspecified atom stereocenters. The Bertz CT molecular complexity index is 1110. The summed E-state index contributed by atoms with van der Waals surface area (Å²) >= 11 is 0. The fourth-order valence-electron chi connectivity index (χ4n) is 3.57. The second-order valence-electron chi connectivity index (χ2n) is 7.26. The molecule has 1 aromatic heterocycles. The van der Waals surface area contributed by atoms with Crippen molar-refractivity contribution in [1.82, 2.24) is 9.55 Å². The summed E-state index contributed by atoms with van der Waals surface area (Å²) in [4.78, 5) is 4.79. The number of rotatable bonds is 10. The summed E-state index contributed by atoms with van der Waals surface area (Å²) < 4.78 is 12.9. The zero-order chi connectivity index (χ0) is 21.0. The lowest BCUT2D eigenvalue weighted by Crippen LogP contribution is -2.16. The monoisotopic (exact) mass is 403 g/mol. The van der Waals surface area contributed by atoms with Crippen molar-refractivity contribution in [1.29, 1.82) is 0 Å². The van der Waals surface area contributed by atoms with Gasteiger partial charge in [-0.1, -0.05) is 18.2 Å². The predicted molar refractivity (Wildman–Crippen MR) is 117 cm³/mol. The largest absolute Gasteiger partial charge is 0.493 e. The molecule has 154 valence electrons. The molecule has 7 heteroatoms. The van der Waals surface area contributed by atoms with Crippen LogP contribution in [0.3, 0.4) is 0 Å². The third kappa shape index (κ3) is 4.08. The van der Waals surface area contributed by atoms with E-state index in [1.807, 2.05) is 36.4 Å². The van der Waals surface area contributed by atoms with E-state index in [4.69, 9.17) is 20.9 Å². The van der Waals surface area contributed by atoms with Gasteiger partial charge < -0.3 is 19.4 Å². The zero-order valence-electron chi connectivity index (χ0n) is 17.3. The van der Waals surface area contributed by atoms with Crippen molar-refractivity contribution in [2.75, 3.05) is 19.5 Å². The quantitative estimate of drug-likeness (QED) is 0.501. The van der Waals surface area contributed by atoms with Gasteiger partial charge in [0.05, 0.1) is 25.3 Å². The smallest absolute Gasteiger partial charge is 0.204 e. The van der Waals surface area contributed by atoms with Gasteiger partial charge in [-0.25, -0.2) is 4.98 Å². The van der Waals surface area contributed by atoms with E-state index < -0.39 is 0 Å². The second-order valence-corrected chi connectivity index (χ2v) is 7.26. The molecule has 0 atom stereocenters. The molecule has 1 aliphatic heterocycles. The fraction of sp³-hybridized carbons (Fsp3) is 0.348. The van der Waals surface area contributed by atoms with Crippen LogP contribution < -0.4 is 14.8 Å². The minimum atomic E-state index is -0.321. The van der Waals surface area contributed by atoms with Crippen LogP contribution in [0, 0.1) is 12.3 Å². The van der Waals surface area contributed by atoms with E-state index in [0.29, 0.717) is 24.5 Å². The number of para-hydroxylation sites is 2. The lowest BCUT2D eigenvalue weighted by atomic mass is 10.0. The van der Waals surface area contributed by atoms with Crippen molar-refractivity contribution in [2.24, 2.45) is 10.2 Å². The molecule has 3 aromatic rings. The Morgan fingerprint density at radius 1 is 1.07 bits per heavy atom. The lowest BCUT2D eigenvalue weighted by molar-refractivity contribution is 0.354. The van der Waals surface area contributed by atoms with E-state index in [9.17, 15) is 0 Å². The summed E-state index contributed by atoms with van der Waals surface area (Å²) in [7, 11) is 3.27. The number of methoxy groups -OCH3 is 2. The van der Waals surface area contributed by atoms with Gasteiger partial charge in [0.25, 0.3) is 0 Å². The molecule has 0 aliphatic carbocycles. The van der Waals surface area contributed by atoms with Gasteiger partial charge in [0.2, 0.25) is 5.95 Å². The second kappa shape index (κ2) is 8.46. The first-order valence-electron chi connectivity index (χ1n) is 9.95. The Hall–Kier alpha value is -3.53. The van der Waals surface area contributed by atoms with E-state index in [1.54, 1.807) is 14.2 Å². The van der Waals surface area contributed by atoms with Crippen LogP contribution in [0.4, 0.5) is 5.95 Å². The van der Waals surface area contributed by atoms with Gasteiger partial charge in [0.15, 0.2) is 17.2 Å². The first-order chi connectivity index (χ1) is 14.7. The molecule has 0 amide bonds. The van der Waals surface area contributed by atoms with Crippen molar-refractivity contribution >= 4 is 17.0 Å². The Kier molecular flexibility index (Phi) is 5.57. The highest BCUT2D eigenvalue weighted by molar-refractivity contribution is 5.78. The molecule has 2 aromatic carbocycles. The Labute approximate surface area is 176 Å². The van der Waals surface area contributed by atoms with Crippen LogP contribution in [-0.2, 0) is 13.1 Å². The molecule has 0 saturated carbocycles. The molecule has 2 heterocycles. The van der Waals surface area contributed by atoms with Crippen LogP contribution in [0.25, 0.3) is 11.0 Å². The topological polar surface area (TPSA) is 73.0 Å². The number of terminal acetylenes is 1. The summed E-state index contributed by atoms with van der Waals surface area (Å²) in [5.41, 5.74) is 2.79. The third-order valence-corrected chi connectivity index (χ3v) is 5.34. The van der Waals surface area contributed by atoms with E-state index in [1.165, 1.54) is 0 Å². The van der Waals surface area contributed by atoms with E-state index in [-0.39, 0.29) is 5.66 Å². The Morgan fingerprint density at radius 2 is 1.87 bits per heavy atom. The molecule has 1 N–H and O–H groups in total. The number of anilines is 1. The van der Waals surface area contributed by atoms with Gasteiger partial charge >= 0.3 is 0 Å². The van der Waals surface area contributed by atoms with Crippen LogP contribution in [0.5, 0.6) is 11.5 Å². The minimum absolute atomic E-state index is 0.321. The highest BCUT2D eigenvalue weighted by atomic mass is 16.5. The maximum absolute atomic E-state index is 5.41. The predicted octanol–water partition coefficient (Wildman–Crippen LogP) is 4.63. The lowest BCUT2D eigenvalue weighted by Gasteiger charge is -2.14. The molecule has 30 heavy (non-hydrogen) atoms. The van der Waals surface area contributed by atoms with Crippen molar-refractivity contribution in [3.63, 3.8) is 0 Å². The maximum atomic E-state index is 5.41. The van der Waals surface area contributed by atoms with Crippen molar-refractivity contribution < 1.29 is 9.47 Å². The van der Waals surface area contributed by atoms with Gasteiger partial charge in [-0.15, -0.1) is 12.3 Å². The van der Waals surface area contributed by atoms with Gasteiger partial charge in [-0.05, 0) is 29.8 Å². The summed E-state index contributed by atoms with van der Waals surface area (Å²) in [5.74, 6) is 4.92. The van der Waals surface area contributed by atoms with Gasteiger partial charge in [0.1, 0.15) is 0 Å². The summed E-state index contributed by atoms with van der Waals surface area (Å²) in [6.07, 6.45) is 7.70. The molecule has 0 bridgehead atoms. The first-order valence-corrected chi connectivity index (χ1v) is 9.95. The standard InChI is InChI=1S/C23H25N5O2/c1-4-5-12-23(26-27-23)13-14-28-19-9-7-6-8-18(19)25-22(28)24-16-17-10-11-20(29-2)21(15-17)30-3/h1,6-11,15H,5,12-14,16H2,2-3H3,(H,24,25). The van der Waals surface area contributed by atoms with Crippen molar-refractivity contribution in [3.05, 3.63) is 48.0 Å². The van der Waals surface area contributed by atoms with Crippen molar-refractivity contribution in [2.45, 2.75) is 38.0 Å². The molecule has 1 aliphatic rings. The highest BCUT2D eigenvalue weighted by Gasteiger charge is 2.39. The highest BCUT2D eigenvalue weighted by Crippen LogP contribution is 2.37. The number of benzene rings is 2. The summed E-state index contributed by atoms with van der Waals surface area (Å²) in [5, 5.41) is 12.0. The van der Waals surface area contributed by atoms with Crippen molar-refractivity contribution in [3.8, 4) is 23.8 Å². The number of imidazole rings is 1. The minimum Gasteiger partial charge on any atom is -0.493 e. The number of nitrogens with one attached hydrogen (secondary N) is 1. The number of hydrogen-bond donors (Lipinski definition) is 1. The normalized spacial score (nSPS) is 13.8. The number of hydrogen-bond acceptors (Lipinski definition) is 6. The van der Waals surface area contributed by atoms with Gasteiger partial charge in [0, 0.05) is 32.4 Å². The van der Waals surface area contributed by atoms with E-state index >= 15 is 0 Å². The number of nitrogens with zero attached hydrogens (tertiary/aromatic N) is 4. The van der Waals surface area contributed by atoms with E-state index in [0.717, 1.165) is 41.9 Å². The van der Waals surface area contributed by atoms with Gasteiger partial charge in [-0.3, -0.25) is 0 Å². The number of aryl methyl sites for hydroxylation is 1. The van der Waals surface area contributed by atoms with E-state index in [2.05, 4.69) is 32.1 Å². The molecule has 0 radical (unpaired) electrons. The van der Waals surface area contributed by atoms with Crippen LogP contribution in [-0.4, -0.2) is 29.4 Å². The SMILES string of the molecule is C#CCCC1(CCn2c(NCc3ccc(OC)c(OC)c3)nc3ccccc32)N=N1. The Morgan fingerprint density at radius 3 is 2.60 bits per heavy atom. The number of ether oxygens (including phenoxy) is 2. The summed E-state index contributed by atoms with van der Waals surface area (Å²) in [6, 6.07) is 14.0. The Balaban J connectivity index is 1.52. The average Bonchev–Trinajstić information content (AvgIpc) is 3.47. The molecule has 0 saturated heterocycles. The van der Waals surface area contributed by atoms with Crippen LogP contribution in [0.1, 0.15) is 24.8 Å². The number of fused-ring (bicyclic) bond motifs is 1. The number of aromatic nitrogens is 2. The van der Waals surface area contributed by atoms with Gasteiger partial charge in [-0.2, -0.15) is 10.2 Å². The molecule has 0 fully saturated rings. The molecule has 0 spiro atoms.